The summed E-state index contributed by atoms with van der Waals surface area (Å²) in [6.07, 6.45) is 4.05. The van der Waals surface area contributed by atoms with Crippen molar-refractivity contribution in [2.45, 2.75) is 19.4 Å². The number of amides is 1. The van der Waals surface area contributed by atoms with E-state index in [0.29, 0.717) is 35.1 Å². The number of rotatable bonds is 4. The van der Waals surface area contributed by atoms with Gasteiger partial charge >= 0.3 is 0 Å². The lowest BCUT2D eigenvalue weighted by atomic mass is 10.0. The van der Waals surface area contributed by atoms with Crippen molar-refractivity contribution in [1.82, 2.24) is 24.6 Å². The molecule has 1 amide bonds. The first-order valence-electron chi connectivity index (χ1n) is 10.1. The molecule has 0 bridgehead atoms. The number of carbonyl (C=O) groups excluding carboxylic acids is 1. The summed E-state index contributed by atoms with van der Waals surface area (Å²) in [6, 6.07) is 11.1. The van der Waals surface area contributed by atoms with E-state index in [4.69, 9.17) is 5.26 Å². The molecule has 4 rings (SSSR count). The lowest BCUT2D eigenvalue weighted by Gasteiger charge is -2.20. The molecule has 158 valence electrons. The van der Waals surface area contributed by atoms with Crippen molar-refractivity contribution < 1.29 is 9.90 Å². The molecule has 0 saturated carbocycles. The maximum absolute atomic E-state index is 12.8. The summed E-state index contributed by atoms with van der Waals surface area (Å²) in [7, 11) is 4.05. The van der Waals surface area contributed by atoms with E-state index < -0.39 is 0 Å². The van der Waals surface area contributed by atoms with Crippen molar-refractivity contribution in [3.05, 3.63) is 59.4 Å². The Morgan fingerprint density at radius 2 is 2.03 bits per heavy atom. The van der Waals surface area contributed by atoms with Gasteiger partial charge in [-0.2, -0.15) is 15.0 Å². The van der Waals surface area contributed by atoms with Crippen LogP contribution in [-0.4, -0.2) is 68.8 Å². The van der Waals surface area contributed by atoms with E-state index in [-0.39, 0.29) is 11.8 Å². The van der Waals surface area contributed by atoms with Gasteiger partial charge in [-0.25, -0.2) is 4.98 Å². The third-order valence-electron chi connectivity index (χ3n) is 5.78. The van der Waals surface area contributed by atoms with Gasteiger partial charge in [0.15, 0.2) is 5.82 Å². The summed E-state index contributed by atoms with van der Waals surface area (Å²) in [5.41, 5.74) is 3.28. The van der Waals surface area contributed by atoms with Gasteiger partial charge in [0.25, 0.3) is 5.91 Å². The molecule has 3 heterocycles. The third-order valence-corrected chi connectivity index (χ3v) is 5.78. The number of hydrogen-bond donors (Lipinski definition) is 1. The number of likely N-dealkylation sites (N-methyl/N-ethyl adjacent to an activating group) is 1. The Kier molecular flexibility index (Phi) is 5.44. The van der Waals surface area contributed by atoms with Crippen LogP contribution in [0.3, 0.4) is 0 Å². The lowest BCUT2D eigenvalue weighted by molar-refractivity contribution is 0.0782. The van der Waals surface area contributed by atoms with Crippen molar-refractivity contribution in [2.24, 2.45) is 0 Å². The van der Waals surface area contributed by atoms with E-state index in [1.165, 1.54) is 10.9 Å². The van der Waals surface area contributed by atoms with E-state index in [2.05, 4.69) is 21.1 Å². The highest BCUT2D eigenvalue weighted by molar-refractivity contribution is 5.94. The minimum absolute atomic E-state index is 0.0398. The maximum atomic E-state index is 12.8. The van der Waals surface area contributed by atoms with Gasteiger partial charge in [0.1, 0.15) is 0 Å². The minimum Gasteiger partial charge on any atom is -0.493 e. The molecule has 0 aliphatic carbocycles. The van der Waals surface area contributed by atoms with Crippen LogP contribution in [0.5, 0.6) is 5.88 Å². The number of likely N-dealkylation sites (tertiary alicyclic amines) is 1. The average molecular weight is 416 g/mol. The second kappa shape index (κ2) is 8.20. The number of nitrogens with zero attached hydrogens (tertiary/aromatic N) is 6. The van der Waals surface area contributed by atoms with Crippen molar-refractivity contribution in [1.29, 1.82) is 5.26 Å². The van der Waals surface area contributed by atoms with Crippen molar-refractivity contribution >= 4 is 5.91 Å². The van der Waals surface area contributed by atoms with Gasteiger partial charge in [-0.15, -0.1) is 0 Å². The smallest absolute Gasteiger partial charge is 0.255 e. The summed E-state index contributed by atoms with van der Waals surface area (Å²) in [5, 5.41) is 24.0. The van der Waals surface area contributed by atoms with Gasteiger partial charge in [-0.3, -0.25) is 4.79 Å². The average Bonchev–Trinajstić information content (AvgIpc) is 3.41. The number of aromatic nitrogens is 3. The first kappa shape index (κ1) is 20.6. The van der Waals surface area contributed by atoms with Crippen LogP contribution in [-0.2, 0) is 0 Å². The molecule has 1 atom stereocenters. The van der Waals surface area contributed by atoms with Crippen LogP contribution in [0.2, 0.25) is 0 Å². The van der Waals surface area contributed by atoms with Crippen molar-refractivity contribution in [2.75, 3.05) is 27.2 Å². The van der Waals surface area contributed by atoms with Crippen LogP contribution in [0.1, 0.15) is 27.9 Å². The number of benzene rings is 1. The second-order valence-electron chi connectivity index (χ2n) is 8.00. The van der Waals surface area contributed by atoms with Crippen LogP contribution in [0.4, 0.5) is 0 Å². The third kappa shape index (κ3) is 3.88. The predicted molar refractivity (Wildman–Crippen MR) is 116 cm³/mol. The quantitative estimate of drug-likeness (QED) is 0.702. The van der Waals surface area contributed by atoms with Crippen molar-refractivity contribution in [3.63, 3.8) is 0 Å². The summed E-state index contributed by atoms with van der Waals surface area (Å²) < 4.78 is 1.33. The molecule has 1 aromatic carbocycles. The first-order chi connectivity index (χ1) is 14.9. The molecular weight excluding hydrogens is 392 g/mol. The van der Waals surface area contributed by atoms with Crippen molar-refractivity contribution in [3.8, 4) is 28.9 Å². The second-order valence-corrected chi connectivity index (χ2v) is 8.00. The normalized spacial score (nSPS) is 16.0. The highest BCUT2D eigenvalue weighted by Gasteiger charge is 2.28. The van der Waals surface area contributed by atoms with E-state index in [1.807, 2.05) is 25.9 Å². The Labute approximate surface area is 181 Å². The fourth-order valence-corrected chi connectivity index (χ4v) is 3.90. The number of aryl methyl sites for hydroxylation is 1. The number of aromatic hydroxyl groups is 1. The summed E-state index contributed by atoms with van der Waals surface area (Å²) in [5.74, 6) is 0.328. The molecule has 1 saturated heterocycles. The number of carbonyl (C=O) groups is 1. The molecular formula is C23H24N6O2. The molecule has 8 nitrogen and oxygen atoms in total. The van der Waals surface area contributed by atoms with Crippen LogP contribution >= 0.6 is 0 Å². The fraction of sp³-hybridized carbons (Fsp3) is 0.304. The Hall–Kier alpha value is -3.70. The summed E-state index contributed by atoms with van der Waals surface area (Å²) >= 11 is 0. The van der Waals surface area contributed by atoms with Crippen LogP contribution in [0.15, 0.2) is 42.7 Å². The minimum atomic E-state index is -0.0484. The van der Waals surface area contributed by atoms with E-state index >= 15 is 0 Å². The molecule has 3 aromatic rings. The van der Waals surface area contributed by atoms with Crippen LogP contribution in [0.25, 0.3) is 16.9 Å². The Bertz CT molecular complexity index is 1160. The van der Waals surface area contributed by atoms with Crippen LogP contribution in [0, 0.1) is 18.3 Å². The Morgan fingerprint density at radius 3 is 2.65 bits per heavy atom. The standard InChI is InChI=1S/C23H24N6O2/c1-15-10-16(11-24)4-6-19(15)20-13-26-29(23(20)31)21-7-5-17(12-25-21)22(30)28-9-8-18(14-28)27(2)3/h4-7,10,12-13,18,31H,8-9,14H2,1-3H3/t18-/m1/s1. The zero-order valence-electron chi connectivity index (χ0n) is 17.8. The summed E-state index contributed by atoms with van der Waals surface area (Å²) in [4.78, 5) is 21.1. The summed E-state index contributed by atoms with van der Waals surface area (Å²) in [6.45, 7) is 3.32. The fourth-order valence-electron chi connectivity index (χ4n) is 3.90. The zero-order valence-corrected chi connectivity index (χ0v) is 17.8. The van der Waals surface area contributed by atoms with Gasteiger partial charge in [-0.1, -0.05) is 6.07 Å². The van der Waals surface area contributed by atoms with E-state index in [1.54, 1.807) is 36.5 Å². The number of pyridine rings is 1. The van der Waals surface area contributed by atoms with E-state index in [9.17, 15) is 9.90 Å². The largest absolute Gasteiger partial charge is 0.493 e. The molecule has 31 heavy (non-hydrogen) atoms. The zero-order chi connectivity index (χ0) is 22.1. The molecule has 2 aromatic heterocycles. The molecule has 0 unspecified atom stereocenters. The number of hydrogen-bond acceptors (Lipinski definition) is 6. The first-order valence-corrected chi connectivity index (χ1v) is 10.1. The number of nitriles is 1. The Morgan fingerprint density at radius 1 is 1.23 bits per heavy atom. The molecule has 8 heteroatoms. The molecule has 0 spiro atoms. The monoisotopic (exact) mass is 416 g/mol. The Balaban J connectivity index is 1.55. The maximum Gasteiger partial charge on any atom is 0.255 e. The molecule has 1 N–H and O–H groups in total. The van der Waals surface area contributed by atoms with Gasteiger partial charge in [0, 0.05) is 25.3 Å². The van der Waals surface area contributed by atoms with Gasteiger partial charge in [0.05, 0.1) is 29.0 Å². The molecule has 1 aliphatic rings. The molecule has 0 radical (unpaired) electrons. The van der Waals surface area contributed by atoms with Gasteiger partial charge < -0.3 is 14.9 Å². The lowest BCUT2D eigenvalue weighted by Crippen LogP contribution is -2.34. The molecule has 1 fully saturated rings. The van der Waals surface area contributed by atoms with Gasteiger partial charge in [-0.05, 0) is 62.8 Å². The highest BCUT2D eigenvalue weighted by Crippen LogP contribution is 2.33. The predicted octanol–water partition coefficient (Wildman–Crippen LogP) is 2.60. The SMILES string of the molecule is Cc1cc(C#N)ccc1-c1cnn(-c2ccc(C(=O)N3CC[C@@H](N(C)C)C3)cn2)c1O. The van der Waals surface area contributed by atoms with E-state index in [0.717, 1.165) is 24.1 Å². The topological polar surface area (TPSA) is 98.3 Å². The van der Waals surface area contributed by atoms with Crippen LogP contribution < -0.4 is 0 Å². The highest BCUT2D eigenvalue weighted by atomic mass is 16.3. The molecule has 1 aliphatic heterocycles. The van der Waals surface area contributed by atoms with Gasteiger partial charge in [0.2, 0.25) is 5.88 Å².